The monoisotopic (exact) mass is 381 g/mol. The van der Waals surface area contributed by atoms with Crippen LogP contribution in [0.15, 0.2) is 53.4 Å². The summed E-state index contributed by atoms with van der Waals surface area (Å²) >= 11 is 1.64. The summed E-state index contributed by atoms with van der Waals surface area (Å²) in [7, 11) is 0. The fourth-order valence-electron chi connectivity index (χ4n) is 3.51. The third-order valence-corrected chi connectivity index (χ3v) is 5.45. The van der Waals surface area contributed by atoms with Crippen LogP contribution in [0.4, 0.5) is 5.95 Å². The Balaban J connectivity index is 1.92. The number of aromatic nitrogens is 2. The summed E-state index contributed by atoms with van der Waals surface area (Å²) in [5, 5.41) is 2.77. The Labute approximate surface area is 160 Å². The maximum Gasteiger partial charge on any atom is 0.321 e. The number of amides is 1. The first-order chi connectivity index (χ1) is 13.1. The number of fused-ring (bicyclic) bond motifs is 3. The molecular formula is C20H19N3O3S. The van der Waals surface area contributed by atoms with Crippen molar-refractivity contribution in [3.63, 3.8) is 0 Å². The van der Waals surface area contributed by atoms with E-state index in [0.29, 0.717) is 5.95 Å². The molecule has 2 heterocycles. The van der Waals surface area contributed by atoms with Crippen LogP contribution in [0.3, 0.4) is 0 Å². The highest BCUT2D eigenvalue weighted by Gasteiger charge is 2.44. The number of ether oxygens (including phenoxy) is 1. The van der Waals surface area contributed by atoms with E-state index in [2.05, 4.69) is 10.3 Å². The Kier molecular flexibility index (Phi) is 4.61. The number of rotatable bonds is 4. The molecule has 6 nitrogen and oxygen atoms in total. The summed E-state index contributed by atoms with van der Waals surface area (Å²) in [6.45, 7) is 1.96. The molecule has 138 valence electrons. The van der Waals surface area contributed by atoms with Crippen LogP contribution < -0.4 is 5.32 Å². The Hall–Kier alpha value is -2.80. The maximum absolute atomic E-state index is 12.8. The number of thioether (sulfide) groups is 1. The molecule has 0 saturated carbocycles. The molecule has 1 aromatic heterocycles. The van der Waals surface area contributed by atoms with E-state index in [0.717, 1.165) is 21.5 Å². The zero-order valence-electron chi connectivity index (χ0n) is 15.0. The number of benzene rings is 2. The van der Waals surface area contributed by atoms with Gasteiger partial charge in [-0.2, -0.15) is 0 Å². The topological polar surface area (TPSA) is 73.2 Å². The molecule has 0 spiro atoms. The zero-order chi connectivity index (χ0) is 19.0. The van der Waals surface area contributed by atoms with Crippen molar-refractivity contribution in [1.82, 2.24) is 9.55 Å². The lowest BCUT2D eigenvalue weighted by atomic mass is 9.90. The second-order valence-corrected chi connectivity index (χ2v) is 7.11. The Morgan fingerprint density at radius 1 is 1.22 bits per heavy atom. The average Bonchev–Trinajstić information content (AvgIpc) is 3.05. The van der Waals surface area contributed by atoms with Crippen LogP contribution in [-0.2, 0) is 14.3 Å². The number of imidazole rings is 1. The summed E-state index contributed by atoms with van der Waals surface area (Å²) in [4.78, 5) is 31.1. The highest BCUT2D eigenvalue weighted by Crippen LogP contribution is 2.38. The first-order valence-corrected chi connectivity index (χ1v) is 9.95. The highest BCUT2D eigenvalue weighted by atomic mass is 32.2. The van der Waals surface area contributed by atoms with E-state index in [1.54, 1.807) is 18.7 Å². The van der Waals surface area contributed by atoms with Crippen LogP contribution in [0.25, 0.3) is 11.0 Å². The number of hydrogen-bond acceptors (Lipinski definition) is 5. The highest BCUT2D eigenvalue weighted by molar-refractivity contribution is 7.98. The minimum Gasteiger partial charge on any atom is -0.465 e. The van der Waals surface area contributed by atoms with Gasteiger partial charge in [-0.3, -0.25) is 14.9 Å². The predicted molar refractivity (Wildman–Crippen MR) is 105 cm³/mol. The molecule has 0 fully saturated rings. The molecule has 1 amide bonds. The van der Waals surface area contributed by atoms with Crippen molar-refractivity contribution in [2.45, 2.75) is 17.9 Å². The molecule has 0 bridgehead atoms. The van der Waals surface area contributed by atoms with Crippen LogP contribution >= 0.6 is 11.8 Å². The molecule has 2 aromatic carbocycles. The molecule has 1 aliphatic heterocycles. The van der Waals surface area contributed by atoms with Gasteiger partial charge in [0.1, 0.15) is 0 Å². The second kappa shape index (κ2) is 7.08. The van der Waals surface area contributed by atoms with Gasteiger partial charge in [-0.25, -0.2) is 4.98 Å². The molecular weight excluding hydrogens is 362 g/mol. The largest absolute Gasteiger partial charge is 0.465 e. The molecule has 3 aromatic rings. The number of carbonyl (C=O) groups excluding carboxylic acids is 2. The van der Waals surface area contributed by atoms with Crippen molar-refractivity contribution < 1.29 is 14.3 Å². The molecule has 0 radical (unpaired) electrons. The summed E-state index contributed by atoms with van der Waals surface area (Å²) in [5.41, 5.74) is 2.49. The molecule has 7 heteroatoms. The molecule has 1 N–H and O–H groups in total. The number of para-hydroxylation sites is 2. The van der Waals surface area contributed by atoms with E-state index in [1.807, 2.05) is 59.4 Å². The van der Waals surface area contributed by atoms with Crippen molar-refractivity contribution >= 4 is 40.6 Å². The summed E-state index contributed by atoms with van der Waals surface area (Å²) in [6, 6.07) is 15.0. The number of anilines is 1. The van der Waals surface area contributed by atoms with Crippen molar-refractivity contribution in [3.05, 3.63) is 54.1 Å². The SMILES string of the molecule is CCOC(=O)[C@@H]1C(=O)Nc2nc3ccccc3n2[C@@H]1c1ccc(SC)cc1. The van der Waals surface area contributed by atoms with Gasteiger partial charge in [0.2, 0.25) is 11.9 Å². The molecule has 4 rings (SSSR count). The third-order valence-electron chi connectivity index (χ3n) is 4.71. The lowest BCUT2D eigenvalue weighted by molar-refractivity contribution is -0.152. The third kappa shape index (κ3) is 2.98. The van der Waals surface area contributed by atoms with Crippen molar-refractivity contribution in [3.8, 4) is 0 Å². The zero-order valence-corrected chi connectivity index (χ0v) is 15.8. The van der Waals surface area contributed by atoms with E-state index >= 15 is 0 Å². The van der Waals surface area contributed by atoms with Crippen LogP contribution in [0.2, 0.25) is 0 Å². The number of nitrogens with zero attached hydrogens (tertiary/aromatic N) is 2. The first-order valence-electron chi connectivity index (χ1n) is 8.72. The molecule has 0 unspecified atom stereocenters. The number of carbonyl (C=O) groups is 2. The van der Waals surface area contributed by atoms with Crippen LogP contribution in [0.1, 0.15) is 18.5 Å². The van der Waals surface area contributed by atoms with Crippen LogP contribution in [-0.4, -0.2) is 34.3 Å². The Bertz CT molecular complexity index is 1010. The molecule has 1 aliphatic rings. The van der Waals surface area contributed by atoms with Gasteiger partial charge >= 0.3 is 5.97 Å². The minimum atomic E-state index is -0.977. The van der Waals surface area contributed by atoms with Crippen molar-refractivity contribution in [2.24, 2.45) is 5.92 Å². The molecule has 0 saturated heterocycles. The number of esters is 1. The lowest BCUT2D eigenvalue weighted by Crippen LogP contribution is -2.43. The van der Waals surface area contributed by atoms with E-state index in [9.17, 15) is 9.59 Å². The van der Waals surface area contributed by atoms with Gasteiger partial charge in [-0.1, -0.05) is 24.3 Å². The van der Waals surface area contributed by atoms with Gasteiger partial charge in [-0.15, -0.1) is 11.8 Å². The van der Waals surface area contributed by atoms with Gasteiger partial charge in [0, 0.05) is 4.90 Å². The second-order valence-electron chi connectivity index (χ2n) is 6.23. The normalized spacial score (nSPS) is 18.8. The fraction of sp³-hybridized carbons (Fsp3) is 0.250. The molecule has 27 heavy (non-hydrogen) atoms. The average molecular weight is 381 g/mol. The standard InChI is InChI=1S/C20H19N3O3S/c1-3-26-19(25)16-17(12-8-10-13(27-2)11-9-12)23-15-7-5-4-6-14(15)21-20(23)22-18(16)24/h4-11,16-17H,3H2,1-2H3,(H,21,22,24)/t16-,17+/m0/s1. The maximum atomic E-state index is 12.8. The van der Waals surface area contributed by atoms with Crippen LogP contribution in [0.5, 0.6) is 0 Å². The summed E-state index contributed by atoms with van der Waals surface area (Å²) < 4.78 is 7.14. The molecule has 2 atom stereocenters. The van der Waals surface area contributed by atoms with Gasteiger partial charge in [0.25, 0.3) is 0 Å². The quantitative estimate of drug-likeness (QED) is 0.426. The summed E-state index contributed by atoms with van der Waals surface area (Å²) in [5.74, 6) is -1.46. The van der Waals surface area contributed by atoms with E-state index in [-0.39, 0.29) is 6.61 Å². The minimum absolute atomic E-state index is 0.221. The van der Waals surface area contributed by atoms with Gasteiger partial charge < -0.3 is 9.30 Å². The Morgan fingerprint density at radius 3 is 2.67 bits per heavy atom. The van der Waals surface area contributed by atoms with Gasteiger partial charge in [-0.05, 0) is 43.0 Å². The smallest absolute Gasteiger partial charge is 0.321 e. The van der Waals surface area contributed by atoms with Crippen molar-refractivity contribution in [1.29, 1.82) is 0 Å². The predicted octanol–water partition coefficient (Wildman–Crippen LogP) is 3.48. The van der Waals surface area contributed by atoms with E-state index in [1.165, 1.54) is 0 Å². The first kappa shape index (κ1) is 17.6. The lowest BCUT2D eigenvalue weighted by Gasteiger charge is -2.32. The molecule has 0 aliphatic carbocycles. The number of hydrogen-bond donors (Lipinski definition) is 1. The number of nitrogens with one attached hydrogen (secondary N) is 1. The Morgan fingerprint density at radius 2 is 1.96 bits per heavy atom. The van der Waals surface area contributed by atoms with Gasteiger partial charge in [0.15, 0.2) is 5.92 Å². The summed E-state index contributed by atoms with van der Waals surface area (Å²) in [6.07, 6.45) is 2.01. The van der Waals surface area contributed by atoms with E-state index < -0.39 is 23.8 Å². The fourth-order valence-corrected chi connectivity index (χ4v) is 3.91. The van der Waals surface area contributed by atoms with Gasteiger partial charge in [0.05, 0.1) is 23.7 Å². The van der Waals surface area contributed by atoms with E-state index in [4.69, 9.17) is 4.74 Å². The van der Waals surface area contributed by atoms with Crippen molar-refractivity contribution in [2.75, 3.05) is 18.2 Å². The van der Waals surface area contributed by atoms with Crippen LogP contribution in [0, 0.1) is 5.92 Å².